The number of nitrogens with zero attached hydrogens (tertiary/aromatic N) is 1. The van der Waals surface area contributed by atoms with Crippen molar-refractivity contribution < 1.29 is 18.7 Å². The van der Waals surface area contributed by atoms with Gasteiger partial charge in [0.15, 0.2) is 16.9 Å². The van der Waals surface area contributed by atoms with Crippen molar-refractivity contribution >= 4 is 22.5 Å². The van der Waals surface area contributed by atoms with E-state index in [0.717, 1.165) is 0 Å². The molecule has 1 aromatic heterocycles. The van der Waals surface area contributed by atoms with Crippen LogP contribution < -0.4 is 20.2 Å². The minimum absolute atomic E-state index is 0.0995. The van der Waals surface area contributed by atoms with E-state index in [2.05, 4.69) is 5.32 Å². The second kappa shape index (κ2) is 7.26. The van der Waals surface area contributed by atoms with Crippen LogP contribution in [-0.4, -0.2) is 24.7 Å². The van der Waals surface area contributed by atoms with Crippen LogP contribution in [0.1, 0.15) is 0 Å². The van der Waals surface area contributed by atoms with Crippen molar-refractivity contribution in [3.05, 3.63) is 64.7 Å². The first-order valence-corrected chi connectivity index (χ1v) is 7.83. The van der Waals surface area contributed by atoms with Gasteiger partial charge in [-0.25, -0.2) is 4.39 Å². The second-order valence-corrected chi connectivity index (χ2v) is 5.56. The summed E-state index contributed by atoms with van der Waals surface area (Å²) in [6, 6.07) is 10.5. The van der Waals surface area contributed by atoms with Crippen molar-refractivity contribution in [2.45, 2.75) is 6.54 Å². The SMILES string of the molecule is COc1ccc(NC(=O)Cn2ccc(=O)c3cccc(F)c32)cc1OC. The monoisotopic (exact) mass is 356 g/mol. The van der Waals surface area contributed by atoms with E-state index >= 15 is 0 Å². The Morgan fingerprint density at radius 3 is 2.62 bits per heavy atom. The number of carbonyl (C=O) groups is 1. The molecular formula is C19H17FN2O4. The molecule has 7 heteroatoms. The zero-order valence-electron chi connectivity index (χ0n) is 14.3. The number of carbonyl (C=O) groups excluding carboxylic acids is 1. The standard InChI is InChI=1S/C19H17FN2O4/c1-25-16-7-6-12(10-17(16)26-2)21-18(24)11-22-9-8-15(23)13-4-3-5-14(20)19(13)22/h3-10H,11H2,1-2H3,(H,21,24). The van der Waals surface area contributed by atoms with Gasteiger partial charge in [0, 0.05) is 29.4 Å². The third-order valence-corrected chi connectivity index (χ3v) is 3.93. The number of benzene rings is 2. The molecule has 0 saturated carbocycles. The third-order valence-electron chi connectivity index (χ3n) is 3.93. The lowest BCUT2D eigenvalue weighted by Crippen LogP contribution is -2.21. The van der Waals surface area contributed by atoms with E-state index in [-0.39, 0.29) is 28.8 Å². The molecule has 1 heterocycles. The zero-order chi connectivity index (χ0) is 18.7. The maximum Gasteiger partial charge on any atom is 0.244 e. The van der Waals surface area contributed by atoms with Gasteiger partial charge < -0.3 is 19.4 Å². The molecule has 0 radical (unpaired) electrons. The van der Waals surface area contributed by atoms with Crippen LogP contribution in [0, 0.1) is 5.82 Å². The van der Waals surface area contributed by atoms with Crippen LogP contribution in [0.5, 0.6) is 11.5 Å². The van der Waals surface area contributed by atoms with Gasteiger partial charge in [-0.05, 0) is 24.3 Å². The molecule has 6 nitrogen and oxygen atoms in total. The summed E-state index contributed by atoms with van der Waals surface area (Å²) in [4.78, 5) is 24.3. The molecule has 3 aromatic rings. The van der Waals surface area contributed by atoms with Gasteiger partial charge in [0.25, 0.3) is 0 Å². The number of rotatable bonds is 5. The van der Waals surface area contributed by atoms with Gasteiger partial charge in [0.05, 0.1) is 19.7 Å². The fourth-order valence-electron chi connectivity index (χ4n) is 2.73. The van der Waals surface area contributed by atoms with Crippen molar-refractivity contribution in [3.8, 4) is 11.5 Å². The molecule has 26 heavy (non-hydrogen) atoms. The molecular weight excluding hydrogens is 339 g/mol. The summed E-state index contributed by atoms with van der Waals surface area (Å²) in [5.74, 6) is 0.0914. The third kappa shape index (κ3) is 3.37. The summed E-state index contributed by atoms with van der Waals surface area (Å²) in [5, 5.41) is 2.95. The first kappa shape index (κ1) is 17.5. The van der Waals surface area contributed by atoms with Crippen LogP contribution in [-0.2, 0) is 11.3 Å². The van der Waals surface area contributed by atoms with Crippen molar-refractivity contribution in [3.63, 3.8) is 0 Å². The number of hydrogen-bond donors (Lipinski definition) is 1. The number of fused-ring (bicyclic) bond motifs is 1. The number of nitrogens with one attached hydrogen (secondary N) is 1. The Labute approximate surface area is 148 Å². The molecule has 0 spiro atoms. The summed E-state index contributed by atoms with van der Waals surface area (Å²) >= 11 is 0. The number of amides is 1. The highest BCUT2D eigenvalue weighted by molar-refractivity contribution is 5.92. The first-order chi connectivity index (χ1) is 12.5. The van der Waals surface area contributed by atoms with Gasteiger partial charge in [-0.1, -0.05) is 6.07 Å². The number of halogens is 1. The molecule has 0 aliphatic heterocycles. The molecule has 1 N–H and O–H groups in total. The van der Waals surface area contributed by atoms with E-state index in [4.69, 9.17) is 9.47 Å². The number of ether oxygens (including phenoxy) is 2. The molecule has 0 atom stereocenters. The average molecular weight is 356 g/mol. The van der Waals surface area contributed by atoms with E-state index in [1.54, 1.807) is 18.2 Å². The van der Waals surface area contributed by atoms with Crippen LogP contribution in [0.25, 0.3) is 10.9 Å². The molecule has 1 amide bonds. The molecule has 134 valence electrons. The van der Waals surface area contributed by atoms with Gasteiger partial charge in [0.2, 0.25) is 5.91 Å². The average Bonchev–Trinajstić information content (AvgIpc) is 2.64. The summed E-state index contributed by atoms with van der Waals surface area (Å²) in [6.45, 7) is -0.147. The Morgan fingerprint density at radius 1 is 1.12 bits per heavy atom. The van der Waals surface area contributed by atoms with Gasteiger partial charge >= 0.3 is 0 Å². The predicted octanol–water partition coefficient (Wildman–Crippen LogP) is 2.80. The first-order valence-electron chi connectivity index (χ1n) is 7.83. The number of aromatic nitrogens is 1. The van der Waals surface area contributed by atoms with Gasteiger partial charge in [-0.15, -0.1) is 0 Å². The van der Waals surface area contributed by atoms with Crippen LogP contribution in [0.2, 0.25) is 0 Å². The quantitative estimate of drug-likeness (QED) is 0.763. The number of pyridine rings is 1. The van der Waals surface area contributed by atoms with E-state index in [9.17, 15) is 14.0 Å². The highest BCUT2D eigenvalue weighted by Crippen LogP contribution is 2.29. The normalized spacial score (nSPS) is 10.6. The second-order valence-electron chi connectivity index (χ2n) is 5.56. The molecule has 0 saturated heterocycles. The Kier molecular flexibility index (Phi) is 4.88. The van der Waals surface area contributed by atoms with Crippen LogP contribution in [0.3, 0.4) is 0 Å². The molecule has 0 aliphatic carbocycles. The van der Waals surface area contributed by atoms with Crippen molar-refractivity contribution in [1.82, 2.24) is 4.57 Å². The molecule has 2 aromatic carbocycles. The highest BCUT2D eigenvalue weighted by Gasteiger charge is 2.12. The Balaban J connectivity index is 1.86. The number of para-hydroxylation sites is 1. The lowest BCUT2D eigenvalue weighted by molar-refractivity contribution is -0.116. The van der Waals surface area contributed by atoms with Crippen molar-refractivity contribution in [1.29, 1.82) is 0 Å². The largest absolute Gasteiger partial charge is 0.493 e. The number of anilines is 1. The van der Waals surface area contributed by atoms with Crippen molar-refractivity contribution in [2.75, 3.05) is 19.5 Å². The summed E-state index contributed by atoms with van der Waals surface area (Å²) in [7, 11) is 3.02. The summed E-state index contributed by atoms with van der Waals surface area (Å²) in [5.41, 5.74) is 0.317. The Hall–Kier alpha value is -3.35. The molecule has 0 bridgehead atoms. The fraction of sp³-hybridized carbons (Fsp3) is 0.158. The molecule has 3 rings (SSSR count). The maximum absolute atomic E-state index is 14.2. The highest BCUT2D eigenvalue weighted by atomic mass is 19.1. The zero-order valence-corrected chi connectivity index (χ0v) is 14.3. The minimum Gasteiger partial charge on any atom is -0.493 e. The fourth-order valence-corrected chi connectivity index (χ4v) is 2.73. The van der Waals surface area contributed by atoms with Crippen LogP contribution in [0.4, 0.5) is 10.1 Å². The lowest BCUT2D eigenvalue weighted by Gasteiger charge is -2.13. The van der Waals surface area contributed by atoms with E-state index < -0.39 is 5.82 Å². The minimum atomic E-state index is -0.556. The summed E-state index contributed by atoms with van der Waals surface area (Å²) in [6.07, 6.45) is 1.40. The van der Waals surface area contributed by atoms with E-state index in [0.29, 0.717) is 17.2 Å². The molecule has 0 fully saturated rings. The molecule has 0 aliphatic rings. The van der Waals surface area contributed by atoms with E-state index in [1.807, 2.05) is 0 Å². The van der Waals surface area contributed by atoms with Gasteiger partial charge in [-0.2, -0.15) is 0 Å². The Bertz CT molecular complexity index is 1030. The van der Waals surface area contributed by atoms with Gasteiger partial charge in [-0.3, -0.25) is 9.59 Å². The Morgan fingerprint density at radius 2 is 1.88 bits per heavy atom. The number of methoxy groups -OCH3 is 2. The van der Waals surface area contributed by atoms with Crippen LogP contribution >= 0.6 is 0 Å². The van der Waals surface area contributed by atoms with Crippen LogP contribution in [0.15, 0.2) is 53.5 Å². The predicted molar refractivity (Wildman–Crippen MR) is 96.3 cm³/mol. The molecule has 0 unspecified atom stereocenters. The lowest BCUT2D eigenvalue weighted by atomic mass is 10.2. The smallest absolute Gasteiger partial charge is 0.244 e. The van der Waals surface area contributed by atoms with Crippen molar-refractivity contribution in [2.24, 2.45) is 0 Å². The maximum atomic E-state index is 14.2. The van der Waals surface area contributed by atoms with E-state index in [1.165, 1.54) is 49.2 Å². The topological polar surface area (TPSA) is 69.6 Å². The summed E-state index contributed by atoms with van der Waals surface area (Å²) < 4.78 is 25.9. The number of hydrogen-bond acceptors (Lipinski definition) is 4. The van der Waals surface area contributed by atoms with Gasteiger partial charge in [0.1, 0.15) is 12.4 Å².